The van der Waals surface area contributed by atoms with Crippen LogP contribution in [0.15, 0.2) is 96.4 Å². The molecule has 12 heteroatoms. The van der Waals surface area contributed by atoms with Crippen molar-refractivity contribution in [2.24, 2.45) is 0 Å². The van der Waals surface area contributed by atoms with E-state index in [-0.39, 0.29) is 11.7 Å². The summed E-state index contributed by atoms with van der Waals surface area (Å²) in [6, 6.07) is 19.1. The minimum Gasteiger partial charge on any atom is -0.454 e. The van der Waals surface area contributed by atoms with Gasteiger partial charge < -0.3 is 24.7 Å². The molecule has 0 spiro atoms. The van der Waals surface area contributed by atoms with Crippen LogP contribution in [0.1, 0.15) is 17.3 Å². The maximum Gasteiger partial charge on any atom is 0.321 e. The van der Waals surface area contributed by atoms with Crippen molar-refractivity contribution in [1.82, 2.24) is 24.1 Å². The molecular weight excluding hydrogens is 544 g/mol. The van der Waals surface area contributed by atoms with Crippen LogP contribution in [0.4, 0.5) is 10.5 Å². The van der Waals surface area contributed by atoms with Crippen molar-refractivity contribution in [3.8, 4) is 11.5 Å². The highest BCUT2D eigenvalue weighted by Gasteiger charge is 2.29. The molecule has 2 aromatic heterocycles. The molecule has 1 fully saturated rings. The van der Waals surface area contributed by atoms with E-state index in [1.54, 1.807) is 24.5 Å². The summed E-state index contributed by atoms with van der Waals surface area (Å²) in [6.45, 7) is 2.97. The van der Waals surface area contributed by atoms with Gasteiger partial charge in [0.25, 0.3) is 0 Å². The number of piperazine rings is 1. The second kappa shape index (κ2) is 11.6. The molecular formula is C29H30N6O5S. The van der Waals surface area contributed by atoms with E-state index in [9.17, 15) is 13.2 Å². The van der Waals surface area contributed by atoms with E-state index in [2.05, 4.69) is 20.5 Å². The topological polar surface area (TPSA) is 118 Å². The molecule has 2 aromatic carbocycles. The van der Waals surface area contributed by atoms with Crippen molar-refractivity contribution in [1.29, 1.82) is 0 Å². The lowest BCUT2D eigenvalue weighted by Crippen LogP contribution is -2.48. The summed E-state index contributed by atoms with van der Waals surface area (Å²) in [5.41, 5.74) is 2.39. The summed E-state index contributed by atoms with van der Waals surface area (Å²) in [4.78, 5) is 19.4. The Morgan fingerprint density at radius 1 is 0.927 bits per heavy atom. The van der Waals surface area contributed by atoms with Crippen LogP contribution in [0.2, 0.25) is 0 Å². The number of anilines is 1. The fraction of sp³-hybridized carbons (Fsp3) is 0.241. The summed E-state index contributed by atoms with van der Waals surface area (Å²) in [7, 11) is -3.66. The Morgan fingerprint density at radius 3 is 2.41 bits per heavy atom. The minimum atomic E-state index is -3.66. The normalized spacial score (nSPS) is 16.3. The molecule has 0 saturated carbocycles. The van der Waals surface area contributed by atoms with Gasteiger partial charge in [-0.05, 0) is 60.2 Å². The molecule has 2 amide bonds. The van der Waals surface area contributed by atoms with E-state index in [4.69, 9.17) is 9.47 Å². The van der Waals surface area contributed by atoms with Crippen LogP contribution in [0, 0.1) is 0 Å². The molecule has 212 valence electrons. The van der Waals surface area contributed by atoms with E-state index in [1.807, 2.05) is 59.4 Å². The van der Waals surface area contributed by atoms with E-state index in [0.29, 0.717) is 38.4 Å². The Labute approximate surface area is 238 Å². The molecule has 0 radical (unpaired) electrons. The van der Waals surface area contributed by atoms with Crippen molar-refractivity contribution < 1.29 is 22.7 Å². The van der Waals surface area contributed by atoms with Gasteiger partial charge in [0, 0.05) is 68.8 Å². The fourth-order valence-corrected chi connectivity index (χ4v) is 6.39. The third-order valence-corrected chi connectivity index (χ3v) is 9.03. The Hall–Kier alpha value is -4.39. The number of hydrogen-bond donors (Lipinski definition) is 2. The summed E-state index contributed by atoms with van der Waals surface area (Å²) >= 11 is 0. The Balaban J connectivity index is 1.04. The van der Waals surface area contributed by atoms with Gasteiger partial charge in [-0.3, -0.25) is 9.88 Å². The lowest BCUT2D eigenvalue weighted by atomic mass is 10.2. The van der Waals surface area contributed by atoms with Gasteiger partial charge in [0.15, 0.2) is 11.5 Å². The average Bonchev–Trinajstić information content (AvgIpc) is 3.70. The molecule has 0 bridgehead atoms. The second-order valence-electron chi connectivity index (χ2n) is 9.81. The lowest BCUT2D eigenvalue weighted by molar-refractivity contribution is 0.173. The van der Waals surface area contributed by atoms with Crippen LogP contribution in [0.25, 0.3) is 0 Å². The first-order valence-electron chi connectivity index (χ1n) is 13.3. The van der Waals surface area contributed by atoms with Crippen molar-refractivity contribution >= 4 is 21.7 Å². The Morgan fingerprint density at radius 2 is 1.68 bits per heavy atom. The monoisotopic (exact) mass is 574 g/mol. The summed E-state index contributed by atoms with van der Waals surface area (Å²) in [6.07, 6.45) is 6.63. The number of carbonyl (C=O) groups excluding carboxylic acids is 1. The number of rotatable bonds is 8. The highest BCUT2D eigenvalue weighted by Crippen LogP contribution is 2.33. The van der Waals surface area contributed by atoms with Crippen LogP contribution in [0.5, 0.6) is 11.5 Å². The maximum atomic E-state index is 13.3. The largest absolute Gasteiger partial charge is 0.454 e. The van der Waals surface area contributed by atoms with Crippen molar-refractivity contribution in [2.45, 2.75) is 17.6 Å². The van der Waals surface area contributed by atoms with Crippen LogP contribution < -0.4 is 20.1 Å². The molecule has 2 aliphatic rings. The number of fused-ring (bicyclic) bond motifs is 1. The fourth-order valence-electron chi connectivity index (χ4n) is 4.96. The summed E-state index contributed by atoms with van der Waals surface area (Å²) in [5.74, 6) is 1.49. The summed E-state index contributed by atoms with van der Waals surface area (Å²) < 4.78 is 40.8. The average molecular weight is 575 g/mol. The predicted octanol–water partition coefficient (Wildman–Crippen LogP) is 3.49. The molecule has 6 rings (SSSR count). The first-order chi connectivity index (χ1) is 20.0. The lowest BCUT2D eigenvalue weighted by Gasteiger charge is -2.34. The number of urea groups is 1. The number of sulfonamides is 1. The number of carbonyl (C=O) groups is 1. The predicted molar refractivity (Wildman–Crippen MR) is 152 cm³/mol. The van der Waals surface area contributed by atoms with Gasteiger partial charge in [-0.2, -0.15) is 4.31 Å². The zero-order valence-corrected chi connectivity index (χ0v) is 23.0. The number of nitrogens with one attached hydrogen (secondary N) is 2. The molecule has 1 atom stereocenters. The smallest absolute Gasteiger partial charge is 0.321 e. The van der Waals surface area contributed by atoms with Crippen LogP contribution in [0.3, 0.4) is 0 Å². The highest BCUT2D eigenvalue weighted by molar-refractivity contribution is 7.89. The van der Waals surface area contributed by atoms with Crippen molar-refractivity contribution in [2.75, 3.05) is 38.3 Å². The molecule has 1 unspecified atom stereocenters. The van der Waals surface area contributed by atoms with Gasteiger partial charge >= 0.3 is 6.03 Å². The standard InChI is InChI=1S/C29H30N6O5S/c36-29(32-28(34-12-1-2-13-34)23-4-3-11-30-19-23)31-24-6-8-25(9-7-24)41(37,38)35-16-14-33(15-17-35)20-22-5-10-26-27(18-22)40-21-39-26/h1-13,18-19,28H,14-17,20-21H2,(H2,31,32,36). The van der Waals surface area contributed by atoms with Crippen LogP contribution >= 0.6 is 0 Å². The SMILES string of the molecule is O=C(Nc1ccc(S(=O)(=O)N2CCN(Cc3ccc4c(c3)OCO4)CC2)cc1)NC(c1cccnc1)n1cccc1. The van der Waals surface area contributed by atoms with Crippen LogP contribution in [-0.4, -0.2) is 66.2 Å². The first kappa shape index (κ1) is 26.8. The van der Waals surface area contributed by atoms with Gasteiger partial charge in [-0.15, -0.1) is 0 Å². The molecule has 1 saturated heterocycles. The van der Waals surface area contributed by atoms with Gasteiger partial charge in [-0.25, -0.2) is 13.2 Å². The molecule has 2 aliphatic heterocycles. The highest BCUT2D eigenvalue weighted by atomic mass is 32.2. The van der Waals surface area contributed by atoms with E-state index in [1.165, 1.54) is 16.4 Å². The number of amides is 2. The van der Waals surface area contributed by atoms with Crippen molar-refractivity contribution in [3.63, 3.8) is 0 Å². The molecule has 0 aliphatic carbocycles. The molecule has 2 N–H and O–H groups in total. The quantitative estimate of drug-likeness (QED) is 0.331. The van der Waals surface area contributed by atoms with Crippen molar-refractivity contribution in [3.05, 3.63) is 103 Å². The van der Waals surface area contributed by atoms with Crippen LogP contribution in [-0.2, 0) is 16.6 Å². The van der Waals surface area contributed by atoms with E-state index in [0.717, 1.165) is 22.6 Å². The Kier molecular flexibility index (Phi) is 7.59. The maximum absolute atomic E-state index is 13.3. The second-order valence-corrected chi connectivity index (χ2v) is 11.7. The third kappa shape index (κ3) is 6.04. The zero-order chi connectivity index (χ0) is 28.2. The first-order valence-corrected chi connectivity index (χ1v) is 14.7. The van der Waals surface area contributed by atoms with E-state index >= 15 is 0 Å². The van der Waals surface area contributed by atoms with Gasteiger partial charge in [-0.1, -0.05) is 12.1 Å². The third-order valence-electron chi connectivity index (χ3n) is 7.12. The van der Waals surface area contributed by atoms with E-state index < -0.39 is 22.2 Å². The number of nitrogens with zero attached hydrogens (tertiary/aromatic N) is 4. The molecule has 4 heterocycles. The minimum absolute atomic E-state index is 0.188. The number of aromatic nitrogens is 2. The number of ether oxygens (including phenoxy) is 2. The molecule has 4 aromatic rings. The summed E-state index contributed by atoms with van der Waals surface area (Å²) in [5, 5.41) is 5.73. The molecule has 41 heavy (non-hydrogen) atoms. The number of pyridine rings is 1. The zero-order valence-electron chi connectivity index (χ0n) is 22.2. The van der Waals surface area contributed by atoms with Gasteiger partial charge in [0.2, 0.25) is 16.8 Å². The van der Waals surface area contributed by atoms with Gasteiger partial charge in [0.05, 0.1) is 4.90 Å². The Bertz CT molecular complexity index is 1590. The van der Waals surface area contributed by atoms with Gasteiger partial charge in [0.1, 0.15) is 6.17 Å². The number of hydrogen-bond acceptors (Lipinski definition) is 7. The number of benzene rings is 2. The molecule has 11 nitrogen and oxygen atoms in total.